The van der Waals surface area contributed by atoms with Crippen molar-refractivity contribution in [2.45, 2.75) is 74.1 Å². The van der Waals surface area contributed by atoms with Gasteiger partial charge in [0.15, 0.2) is 5.78 Å². The summed E-state index contributed by atoms with van der Waals surface area (Å²) in [6, 6.07) is 35.0. The summed E-state index contributed by atoms with van der Waals surface area (Å²) in [5, 5.41) is 22.0. The average Bonchev–Trinajstić information content (AvgIpc) is 3.28. The molecule has 0 heterocycles. The van der Waals surface area contributed by atoms with Gasteiger partial charge < -0.3 is 25.0 Å². The molecule has 1 amide bonds. The van der Waals surface area contributed by atoms with Crippen LogP contribution in [0.1, 0.15) is 102 Å². The van der Waals surface area contributed by atoms with Gasteiger partial charge in [0.2, 0.25) is 0 Å². The zero-order chi connectivity index (χ0) is 43.2. The van der Waals surface area contributed by atoms with Crippen LogP contribution in [0, 0.1) is 6.92 Å². The molecular formula is C53H64N3O4+. The van der Waals surface area contributed by atoms with E-state index in [2.05, 4.69) is 46.9 Å². The van der Waals surface area contributed by atoms with Crippen molar-refractivity contribution >= 4 is 60.7 Å². The number of hydrogen-bond donors (Lipinski definition) is 3. The van der Waals surface area contributed by atoms with Gasteiger partial charge in [-0.05, 0) is 128 Å². The van der Waals surface area contributed by atoms with Gasteiger partial charge in [0.1, 0.15) is 0 Å². The molecule has 314 valence electrons. The van der Waals surface area contributed by atoms with Crippen molar-refractivity contribution in [2.24, 2.45) is 0 Å². The van der Waals surface area contributed by atoms with E-state index in [9.17, 15) is 19.5 Å². The number of benzene rings is 7. The number of hydrogen-bond acceptors (Lipinski definition) is 4. The summed E-state index contributed by atoms with van der Waals surface area (Å²) in [5.41, 5.74) is 4.30. The van der Waals surface area contributed by atoms with Crippen LogP contribution in [0.5, 0.6) is 0 Å². The topological polar surface area (TPSA) is 95.2 Å². The maximum Gasteiger partial charge on any atom is 0.251 e. The number of nitrogens with one attached hydrogen (secondary N) is 3. The minimum absolute atomic E-state index is 0.00762. The Bertz CT molecular complexity index is 2450. The molecule has 0 atom stereocenters. The van der Waals surface area contributed by atoms with Crippen molar-refractivity contribution in [3.05, 3.63) is 143 Å². The van der Waals surface area contributed by atoms with Crippen molar-refractivity contribution < 1.29 is 29.3 Å². The van der Waals surface area contributed by atoms with Gasteiger partial charge in [0.05, 0.1) is 45.2 Å². The molecule has 0 saturated heterocycles. The summed E-state index contributed by atoms with van der Waals surface area (Å²) in [4.78, 5) is 43.0. The SMILES string of the molecule is CC[NH+](CC)CC.CC[NH+](CC)CC.Cc1ccc2c3ccc(C(=O)[O-])c4c(C(=O)CCCc5ccccc5)ccc(c5ccc(C(=O)NCCc6ccccc6)c1c25)c43. The smallest absolute Gasteiger partial charge is 0.251 e. The summed E-state index contributed by atoms with van der Waals surface area (Å²) in [5.74, 6) is -1.55. The van der Waals surface area contributed by atoms with Gasteiger partial charge in [0, 0.05) is 35.0 Å². The third kappa shape index (κ3) is 10.6. The Morgan fingerprint density at radius 2 is 0.933 bits per heavy atom. The zero-order valence-electron chi connectivity index (χ0n) is 36.8. The predicted octanol–water partition coefficient (Wildman–Crippen LogP) is 7.45. The Morgan fingerprint density at radius 3 is 1.40 bits per heavy atom. The van der Waals surface area contributed by atoms with Crippen LogP contribution in [0.2, 0.25) is 0 Å². The van der Waals surface area contributed by atoms with Crippen molar-refractivity contribution in [1.82, 2.24) is 5.32 Å². The number of aromatic carboxylic acids is 1. The lowest BCUT2D eigenvalue weighted by molar-refractivity contribution is -0.894. The fourth-order valence-electron chi connectivity index (χ4n) is 8.44. The molecule has 7 nitrogen and oxygen atoms in total. The second-order valence-corrected chi connectivity index (χ2v) is 15.6. The minimum atomic E-state index is -1.32. The van der Waals surface area contributed by atoms with E-state index in [1.807, 2.05) is 97.9 Å². The number of quaternary nitrogens is 2. The van der Waals surface area contributed by atoms with Crippen molar-refractivity contribution in [3.63, 3.8) is 0 Å². The number of fused-ring (bicyclic) bond motifs is 2. The Morgan fingerprint density at radius 1 is 0.500 bits per heavy atom. The molecule has 7 heteroatoms. The Balaban J connectivity index is 0.000000420. The number of aryl methyl sites for hydroxylation is 2. The molecule has 0 saturated carbocycles. The highest BCUT2D eigenvalue weighted by Gasteiger charge is 2.23. The molecule has 0 aliphatic rings. The molecule has 0 aliphatic heterocycles. The number of carbonyl (C=O) groups excluding carboxylic acids is 3. The predicted molar refractivity (Wildman–Crippen MR) is 248 cm³/mol. The summed E-state index contributed by atoms with van der Waals surface area (Å²) < 4.78 is 0. The van der Waals surface area contributed by atoms with Crippen LogP contribution < -0.4 is 20.2 Å². The molecular weight excluding hydrogens is 743 g/mol. The van der Waals surface area contributed by atoms with Gasteiger partial charge in [0.25, 0.3) is 5.91 Å². The highest BCUT2D eigenvalue weighted by atomic mass is 16.4. The quantitative estimate of drug-likeness (QED) is 0.0538. The van der Waals surface area contributed by atoms with Crippen LogP contribution in [-0.4, -0.2) is 63.5 Å². The van der Waals surface area contributed by atoms with Crippen molar-refractivity contribution in [2.75, 3.05) is 45.8 Å². The number of carboxylic acids is 1. The maximum absolute atomic E-state index is 13.7. The number of carboxylic acid groups (broad SMARTS) is 1. The lowest BCUT2D eigenvalue weighted by atomic mass is 9.83. The number of carbonyl (C=O) groups is 3. The second kappa shape index (κ2) is 22.1. The average molecular weight is 807 g/mol. The van der Waals surface area contributed by atoms with E-state index < -0.39 is 5.97 Å². The van der Waals surface area contributed by atoms with E-state index in [-0.39, 0.29) is 17.3 Å². The number of rotatable bonds is 16. The molecule has 0 unspecified atom stereocenters. The van der Waals surface area contributed by atoms with Gasteiger partial charge in [-0.3, -0.25) is 9.59 Å². The first kappa shape index (κ1) is 45.5. The Kier molecular flexibility index (Phi) is 16.7. The van der Waals surface area contributed by atoms with Crippen molar-refractivity contribution in [3.8, 4) is 0 Å². The lowest BCUT2D eigenvalue weighted by Gasteiger charge is -2.20. The van der Waals surface area contributed by atoms with Crippen molar-refractivity contribution in [1.29, 1.82) is 0 Å². The molecule has 0 bridgehead atoms. The first-order chi connectivity index (χ1) is 29.1. The highest BCUT2D eigenvalue weighted by Crippen LogP contribution is 2.44. The zero-order valence-corrected chi connectivity index (χ0v) is 36.8. The summed E-state index contributed by atoms with van der Waals surface area (Å²) in [6.07, 6.45) is 2.45. The fourth-order valence-corrected chi connectivity index (χ4v) is 8.44. The molecule has 0 spiro atoms. The molecule has 7 rings (SSSR count). The van der Waals surface area contributed by atoms with E-state index in [1.54, 1.807) is 28.0 Å². The highest BCUT2D eigenvalue weighted by molar-refractivity contribution is 6.37. The van der Waals surface area contributed by atoms with Gasteiger partial charge in [-0.2, -0.15) is 0 Å². The maximum atomic E-state index is 13.7. The molecule has 7 aromatic carbocycles. The second-order valence-electron chi connectivity index (χ2n) is 15.6. The number of ketones is 1. The minimum Gasteiger partial charge on any atom is -0.545 e. The van der Waals surface area contributed by atoms with Gasteiger partial charge in [-0.15, -0.1) is 0 Å². The number of amides is 1. The fraction of sp³-hybridized carbons (Fsp3) is 0.340. The first-order valence-electron chi connectivity index (χ1n) is 22.1. The molecule has 0 fully saturated rings. The summed E-state index contributed by atoms with van der Waals surface area (Å²) >= 11 is 0. The Hall–Kier alpha value is -5.63. The molecule has 0 aromatic heterocycles. The van der Waals surface area contributed by atoms with Crippen LogP contribution in [0.4, 0.5) is 0 Å². The molecule has 3 N–H and O–H groups in total. The van der Waals surface area contributed by atoms with Gasteiger partial charge in [-0.25, -0.2) is 0 Å². The summed E-state index contributed by atoms with van der Waals surface area (Å²) in [6.45, 7) is 23.5. The van der Waals surface area contributed by atoms with Crippen LogP contribution in [0.15, 0.2) is 109 Å². The van der Waals surface area contributed by atoms with E-state index in [1.165, 1.54) is 39.3 Å². The Labute approximate surface area is 356 Å². The largest absolute Gasteiger partial charge is 0.545 e. The molecule has 7 aromatic rings. The standard InChI is InChI=1S/C41H33NO4.2C6H15N/c1-25-15-16-28-31-19-22-34(41(45)46)39-32(35(43)14-8-13-26-9-4-2-5-10-26)20-17-30(38(31)39)29-18-21-33(36(25)37(28)29)40(44)42-24-23-27-11-6-3-7-12-27;2*1-4-7(5-2)6-3/h2-7,9-12,15-22H,8,13-14,23-24H2,1H3,(H,42,44)(H,45,46);2*4-6H2,1-3H3/p+1. The normalized spacial score (nSPS) is 11.2. The third-order valence-corrected chi connectivity index (χ3v) is 12.1. The van der Waals surface area contributed by atoms with Crippen LogP contribution in [0.3, 0.4) is 0 Å². The van der Waals surface area contributed by atoms with Crippen LogP contribution in [0.25, 0.3) is 43.1 Å². The first-order valence-corrected chi connectivity index (χ1v) is 22.1. The monoisotopic (exact) mass is 806 g/mol. The molecule has 0 radical (unpaired) electrons. The van der Waals surface area contributed by atoms with E-state index in [0.717, 1.165) is 67.2 Å². The van der Waals surface area contributed by atoms with Crippen LogP contribution >= 0.6 is 0 Å². The van der Waals surface area contributed by atoms with Crippen LogP contribution in [-0.2, 0) is 12.8 Å². The molecule has 60 heavy (non-hydrogen) atoms. The molecule has 0 aliphatic carbocycles. The van der Waals surface area contributed by atoms with E-state index in [0.29, 0.717) is 35.9 Å². The van der Waals surface area contributed by atoms with Gasteiger partial charge >= 0.3 is 0 Å². The number of Topliss-reactive ketones (excluding diaryl/α,β-unsaturated/α-hetero) is 1. The lowest BCUT2D eigenvalue weighted by Crippen LogP contribution is -3.11. The summed E-state index contributed by atoms with van der Waals surface area (Å²) in [7, 11) is 0. The third-order valence-electron chi connectivity index (χ3n) is 12.1. The van der Waals surface area contributed by atoms with E-state index >= 15 is 0 Å². The van der Waals surface area contributed by atoms with Gasteiger partial charge in [-0.1, -0.05) is 103 Å². The van der Waals surface area contributed by atoms with E-state index in [4.69, 9.17) is 0 Å².